The standard InChI is InChI=1S/C28H33NO3/c1-4-5-17-32-25-15-12-22(13-16-25)11-14-24-18-26(30-2)19-28(31-3)27(24)21-29-20-23-9-7-6-8-10-23/h6-16,18-19,29H,4-5,17,20-21H2,1-3H3/b14-11+. The maximum absolute atomic E-state index is 5.76. The lowest BCUT2D eigenvalue weighted by atomic mass is 10.0. The summed E-state index contributed by atoms with van der Waals surface area (Å²) in [6.07, 6.45) is 6.41. The molecular formula is C28H33NO3. The van der Waals surface area contributed by atoms with E-state index in [1.54, 1.807) is 14.2 Å². The summed E-state index contributed by atoms with van der Waals surface area (Å²) >= 11 is 0. The van der Waals surface area contributed by atoms with Crippen LogP contribution in [0.4, 0.5) is 0 Å². The van der Waals surface area contributed by atoms with Gasteiger partial charge in [-0.1, -0.05) is 68.0 Å². The van der Waals surface area contributed by atoms with E-state index in [1.807, 2.05) is 30.3 Å². The van der Waals surface area contributed by atoms with Crippen molar-refractivity contribution in [1.82, 2.24) is 5.32 Å². The van der Waals surface area contributed by atoms with Crippen LogP contribution in [-0.4, -0.2) is 20.8 Å². The lowest BCUT2D eigenvalue weighted by Crippen LogP contribution is -2.14. The molecule has 0 aliphatic carbocycles. The van der Waals surface area contributed by atoms with Gasteiger partial charge < -0.3 is 19.5 Å². The zero-order valence-corrected chi connectivity index (χ0v) is 19.3. The highest BCUT2D eigenvalue weighted by atomic mass is 16.5. The fraction of sp³-hybridized carbons (Fsp3) is 0.286. The van der Waals surface area contributed by atoms with Gasteiger partial charge in [0.15, 0.2) is 0 Å². The molecule has 0 aromatic heterocycles. The Hall–Kier alpha value is -3.24. The van der Waals surface area contributed by atoms with Crippen molar-refractivity contribution in [2.75, 3.05) is 20.8 Å². The van der Waals surface area contributed by atoms with Crippen molar-refractivity contribution in [2.24, 2.45) is 0 Å². The van der Waals surface area contributed by atoms with E-state index in [0.717, 1.165) is 59.9 Å². The highest BCUT2D eigenvalue weighted by Crippen LogP contribution is 2.30. The highest BCUT2D eigenvalue weighted by molar-refractivity contribution is 5.73. The summed E-state index contributed by atoms with van der Waals surface area (Å²) in [6.45, 7) is 4.40. The molecule has 3 rings (SSSR count). The predicted molar refractivity (Wildman–Crippen MR) is 132 cm³/mol. The second-order valence-corrected chi connectivity index (χ2v) is 7.59. The fourth-order valence-corrected chi connectivity index (χ4v) is 3.40. The maximum atomic E-state index is 5.76. The average Bonchev–Trinajstić information content (AvgIpc) is 2.84. The van der Waals surface area contributed by atoms with Gasteiger partial charge in [-0.3, -0.25) is 0 Å². The Morgan fingerprint density at radius 3 is 2.28 bits per heavy atom. The number of hydrogen-bond donors (Lipinski definition) is 1. The molecule has 0 aliphatic rings. The zero-order chi connectivity index (χ0) is 22.6. The van der Waals surface area contributed by atoms with Crippen LogP contribution in [0.2, 0.25) is 0 Å². The van der Waals surface area contributed by atoms with Gasteiger partial charge in [0.1, 0.15) is 17.2 Å². The summed E-state index contributed by atoms with van der Waals surface area (Å²) in [5.41, 5.74) is 4.51. The van der Waals surface area contributed by atoms with Gasteiger partial charge in [-0.15, -0.1) is 0 Å². The van der Waals surface area contributed by atoms with Crippen LogP contribution in [0.25, 0.3) is 12.2 Å². The Morgan fingerprint density at radius 2 is 1.59 bits per heavy atom. The van der Waals surface area contributed by atoms with Crippen molar-refractivity contribution < 1.29 is 14.2 Å². The average molecular weight is 432 g/mol. The Labute approximate surface area is 191 Å². The molecule has 4 heteroatoms. The Kier molecular flexibility index (Phi) is 9.20. The molecule has 0 aliphatic heterocycles. The molecule has 0 atom stereocenters. The minimum absolute atomic E-state index is 0.686. The minimum atomic E-state index is 0.686. The molecule has 32 heavy (non-hydrogen) atoms. The molecular weight excluding hydrogens is 398 g/mol. The van der Waals surface area contributed by atoms with Gasteiger partial charge >= 0.3 is 0 Å². The van der Waals surface area contributed by atoms with Crippen LogP contribution in [0.5, 0.6) is 17.2 Å². The van der Waals surface area contributed by atoms with E-state index in [4.69, 9.17) is 14.2 Å². The molecule has 0 saturated heterocycles. The molecule has 168 valence electrons. The smallest absolute Gasteiger partial charge is 0.127 e. The first-order valence-corrected chi connectivity index (χ1v) is 11.1. The highest BCUT2D eigenvalue weighted by Gasteiger charge is 2.11. The van der Waals surface area contributed by atoms with Crippen LogP contribution in [-0.2, 0) is 13.1 Å². The number of nitrogens with one attached hydrogen (secondary N) is 1. The summed E-state index contributed by atoms with van der Waals surface area (Å²) in [5, 5.41) is 3.53. The number of methoxy groups -OCH3 is 2. The third-order valence-corrected chi connectivity index (χ3v) is 5.25. The molecule has 0 saturated carbocycles. The van der Waals surface area contributed by atoms with Gasteiger partial charge in [-0.05, 0) is 41.3 Å². The summed E-state index contributed by atoms with van der Waals surface area (Å²) in [6, 6.07) is 22.5. The van der Waals surface area contributed by atoms with E-state index in [2.05, 4.69) is 60.8 Å². The van der Waals surface area contributed by atoms with Crippen molar-refractivity contribution in [1.29, 1.82) is 0 Å². The lowest BCUT2D eigenvalue weighted by molar-refractivity contribution is 0.309. The number of ether oxygens (including phenoxy) is 3. The zero-order valence-electron chi connectivity index (χ0n) is 19.3. The third-order valence-electron chi connectivity index (χ3n) is 5.25. The normalized spacial score (nSPS) is 11.0. The van der Waals surface area contributed by atoms with E-state index in [1.165, 1.54) is 5.56 Å². The van der Waals surface area contributed by atoms with E-state index < -0.39 is 0 Å². The van der Waals surface area contributed by atoms with Crippen molar-refractivity contribution in [3.8, 4) is 17.2 Å². The first-order valence-electron chi connectivity index (χ1n) is 11.1. The van der Waals surface area contributed by atoms with Crippen molar-refractivity contribution in [3.05, 3.63) is 89.0 Å². The first kappa shape index (κ1) is 23.4. The first-order chi connectivity index (χ1) is 15.7. The van der Waals surface area contributed by atoms with Gasteiger partial charge in [0, 0.05) is 24.7 Å². The second kappa shape index (κ2) is 12.6. The van der Waals surface area contributed by atoms with E-state index >= 15 is 0 Å². The van der Waals surface area contributed by atoms with E-state index in [9.17, 15) is 0 Å². The number of rotatable bonds is 12. The van der Waals surface area contributed by atoms with Crippen molar-refractivity contribution in [3.63, 3.8) is 0 Å². The molecule has 4 nitrogen and oxygen atoms in total. The van der Waals surface area contributed by atoms with Crippen LogP contribution < -0.4 is 19.5 Å². The van der Waals surface area contributed by atoms with Crippen LogP contribution in [0.3, 0.4) is 0 Å². The van der Waals surface area contributed by atoms with Gasteiger partial charge in [-0.2, -0.15) is 0 Å². The molecule has 3 aromatic carbocycles. The summed E-state index contributed by atoms with van der Waals surface area (Å²) in [4.78, 5) is 0. The van der Waals surface area contributed by atoms with Crippen LogP contribution in [0, 0.1) is 0 Å². The molecule has 0 unspecified atom stereocenters. The number of hydrogen-bond acceptors (Lipinski definition) is 4. The van der Waals surface area contributed by atoms with Gasteiger partial charge in [0.25, 0.3) is 0 Å². The molecule has 0 heterocycles. The molecule has 0 spiro atoms. The molecule has 0 fully saturated rings. The second-order valence-electron chi connectivity index (χ2n) is 7.59. The monoisotopic (exact) mass is 431 g/mol. The van der Waals surface area contributed by atoms with Gasteiger partial charge in [0.2, 0.25) is 0 Å². The Balaban J connectivity index is 1.76. The SMILES string of the molecule is CCCCOc1ccc(/C=C/c2cc(OC)cc(OC)c2CNCc2ccccc2)cc1. The molecule has 0 radical (unpaired) electrons. The molecule has 0 bridgehead atoms. The predicted octanol–water partition coefficient (Wildman–Crippen LogP) is 6.34. The third kappa shape index (κ3) is 6.89. The fourth-order valence-electron chi connectivity index (χ4n) is 3.40. The van der Waals surface area contributed by atoms with Crippen molar-refractivity contribution in [2.45, 2.75) is 32.9 Å². The topological polar surface area (TPSA) is 39.7 Å². The Morgan fingerprint density at radius 1 is 0.812 bits per heavy atom. The van der Waals surface area contributed by atoms with Crippen LogP contribution in [0.1, 0.15) is 42.0 Å². The maximum Gasteiger partial charge on any atom is 0.127 e. The van der Waals surface area contributed by atoms with Crippen molar-refractivity contribution >= 4 is 12.2 Å². The largest absolute Gasteiger partial charge is 0.497 e. The quantitative estimate of drug-likeness (QED) is 0.268. The summed E-state index contributed by atoms with van der Waals surface area (Å²) in [5.74, 6) is 2.49. The molecule has 1 N–H and O–H groups in total. The lowest BCUT2D eigenvalue weighted by Gasteiger charge is -2.15. The molecule has 0 amide bonds. The number of unbranched alkanes of at least 4 members (excludes halogenated alkanes) is 1. The number of benzene rings is 3. The van der Waals surface area contributed by atoms with Gasteiger partial charge in [0.05, 0.1) is 20.8 Å². The Bertz CT molecular complexity index is 982. The summed E-state index contributed by atoms with van der Waals surface area (Å²) in [7, 11) is 3.37. The van der Waals surface area contributed by atoms with Gasteiger partial charge in [-0.25, -0.2) is 0 Å². The minimum Gasteiger partial charge on any atom is -0.497 e. The van der Waals surface area contributed by atoms with E-state index in [-0.39, 0.29) is 0 Å². The van der Waals surface area contributed by atoms with Crippen LogP contribution >= 0.6 is 0 Å². The van der Waals surface area contributed by atoms with Crippen LogP contribution in [0.15, 0.2) is 66.7 Å². The van der Waals surface area contributed by atoms with E-state index in [0.29, 0.717) is 6.54 Å². The molecule has 3 aromatic rings. The summed E-state index contributed by atoms with van der Waals surface area (Å²) < 4.78 is 16.9.